The Morgan fingerprint density at radius 3 is 2.63 bits per heavy atom. The maximum absolute atomic E-state index is 12.3. The average Bonchev–Trinajstić information content (AvgIpc) is 3.39. The maximum atomic E-state index is 12.3. The van der Waals surface area contributed by atoms with Crippen LogP contribution in [0.4, 0.5) is 0 Å². The van der Waals surface area contributed by atoms with E-state index in [4.69, 9.17) is 12.2 Å². The van der Waals surface area contributed by atoms with E-state index in [1.165, 1.54) is 40.0 Å². The summed E-state index contributed by atoms with van der Waals surface area (Å²) in [5.74, 6) is 0.369. The van der Waals surface area contributed by atoms with Crippen LogP contribution >= 0.6 is 46.7 Å². The molecule has 4 aromatic rings. The molecule has 0 fully saturated rings. The fourth-order valence-corrected chi connectivity index (χ4v) is 5.65. The molecule has 0 aliphatic heterocycles. The van der Waals surface area contributed by atoms with Crippen molar-refractivity contribution in [2.45, 2.75) is 23.6 Å². The topological polar surface area (TPSA) is 72.7 Å². The van der Waals surface area contributed by atoms with E-state index in [-0.39, 0.29) is 5.91 Å². The van der Waals surface area contributed by atoms with Crippen LogP contribution < -0.4 is 5.32 Å². The van der Waals surface area contributed by atoms with Crippen LogP contribution in [0.25, 0.3) is 5.69 Å². The van der Waals surface area contributed by atoms with Crippen molar-refractivity contribution in [3.63, 3.8) is 0 Å². The van der Waals surface area contributed by atoms with Gasteiger partial charge in [-0.2, -0.15) is 0 Å². The van der Waals surface area contributed by atoms with E-state index in [2.05, 4.69) is 20.6 Å². The van der Waals surface area contributed by atoms with E-state index in [1.807, 2.05) is 61.5 Å². The van der Waals surface area contributed by atoms with E-state index in [1.54, 1.807) is 4.68 Å². The third kappa shape index (κ3) is 5.20. The molecule has 1 N–H and O–H groups in total. The van der Waals surface area contributed by atoms with Gasteiger partial charge in [-0.1, -0.05) is 82.5 Å². The molecule has 152 valence electrons. The summed E-state index contributed by atoms with van der Waals surface area (Å²) in [5.41, 5.74) is 3.17. The molecule has 0 spiro atoms. The first-order valence-corrected chi connectivity index (χ1v) is 12.1. The minimum Gasteiger partial charge on any atom is -0.346 e. The van der Waals surface area contributed by atoms with Gasteiger partial charge in [0, 0.05) is 6.54 Å². The maximum Gasteiger partial charge on any atom is 0.282 e. The summed E-state index contributed by atoms with van der Waals surface area (Å²) < 4.78 is 3.30. The molecule has 0 bridgehead atoms. The molecule has 0 saturated carbocycles. The van der Waals surface area contributed by atoms with Crippen LogP contribution in [0.15, 0.2) is 58.9 Å². The minimum absolute atomic E-state index is 0.215. The number of rotatable bonds is 7. The second-order valence-electron chi connectivity index (χ2n) is 6.34. The molecule has 0 atom stereocenters. The Morgan fingerprint density at radius 2 is 1.87 bits per heavy atom. The number of nitrogens with one attached hydrogen (secondary N) is 1. The molecule has 2 aromatic heterocycles. The Bertz CT molecular complexity index is 1200. The molecule has 10 heteroatoms. The number of hydrogen-bond acceptors (Lipinski definition) is 8. The van der Waals surface area contributed by atoms with Gasteiger partial charge in [0.2, 0.25) is 5.01 Å². The molecular formula is C20H17N5OS4. The van der Waals surface area contributed by atoms with Crippen molar-refractivity contribution in [1.82, 2.24) is 25.3 Å². The van der Waals surface area contributed by atoms with Crippen molar-refractivity contribution in [3.8, 4) is 5.69 Å². The molecule has 0 saturated heterocycles. The number of carbonyl (C=O) groups is 1. The third-order valence-corrected chi connectivity index (χ3v) is 7.57. The zero-order valence-electron chi connectivity index (χ0n) is 15.9. The Kier molecular flexibility index (Phi) is 6.68. The van der Waals surface area contributed by atoms with Gasteiger partial charge < -0.3 is 5.32 Å². The fourth-order valence-electron chi connectivity index (χ4n) is 2.54. The van der Waals surface area contributed by atoms with Crippen molar-refractivity contribution in [1.29, 1.82) is 0 Å². The summed E-state index contributed by atoms with van der Waals surface area (Å²) in [6.45, 7) is 2.49. The number of carbonyl (C=O) groups excluding carboxylic acids is 1. The van der Waals surface area contributed by atoms with Crippen molar-refractivity contribution >= 4 is 52.6 Å². The summed E-state index contributed by atoms with van der Waals surface area (Å²) in [7, 11) is 0. The number of hydrogen-bond donors (Lipinski definition) is 1. The van der Waals surface area contributed by atoms with Crippen LogP contribution in [0.5, 0.6) is 0 Å². The molecule has 0 radical (unpaired) electrons. The van der Waals surface area contributed by atoms with E-state index in [0.29, 0.717) is 21.3 Å². The molecule has 0 aliphatic rings. The van der Waals surface area contributed by atoms with Gasteiger partial charge in [-0.25, -0.2) is 4.68 Å². The lowest BCUT2D eigenvalue weighted by molar-refractivity contribution is 0.0950. The Morgan fingerprint density at radius 1 is 1.10 bits per heavy atom. The van der Waals surface area contributed by atoms with Crippen LogP contribution in [0.1, 0.15) is 25.9 Å². The quantitative estimate of drug-likeness (QED) is 0.301. The minimum atomic E-state index is -0.215. The SMILES string of the molecule is Cc1ccc(CNC(=O)c2nnc(CSc3nn(-c4ccccc4)c(=S)s3)s2)cc1. The first kappa shape index (κ1) is 20.9. The van der Waals surface area contributed by atoms with Gasteiger partial charge in [-0.3, -0.25) is 4.79 Å². The third-order valence-electron chi connectivity index (χ3n) is 4.08. The van der Waals surface area contributed by atoms with E-state index in [0.717, 1.165) is 20.6 Å². The summed E-state index contributed by atoms with van der Waals surface area (Å²) in [5, 5.41) is 16.8. The predicted molar refractivity (Wildman–Crippen MR) is 124 cm³/mol. The van der Waals surface area contributed by atoms with Crippen LogP contribution in [-0.4, -0.2) is 25.9 Å². The Hall–Kier alpha value is -2.40. The summed E-state index contributed by atoms with van der Waals surface area (Å²) in [6, 6.07) is 17.9. The Labute approximate surface area is 191 Å². The fraction of sp³-hybridized carbons (Fsp3) is 0.150. The van der Waals surface area contributed by atoms with Crippen LogP contribution in [0.3, 0.4) is 0 Å². The van der Waals surface area contributed by atoms with Crippen LogP contribution in [0.2, 0.25) is 0 Å². The number of amides is 1. The van der Waals surface area contributed by atoms with Crippen LogP contribution in [-0.2, 0) is 12.3 Å². The number of aromatic nitrogens is 4. The molecule has 2 aromatic carbocycles. The molecule has 0 unspecified atom stereocenters. The lowest BCUT2D eigenvalue weighted by atomic mass is 10.1. The number of benzene rings is 2. The smallest absolute Gasteiger partial charge is 0.282 e. The number of nitrogens with zero attached hydrogens (tertiary/aromatic N) is 4. The van der Waals surface area contributed by atoms with E-state index >= 15 is 0 Å². The summed E-state index contributed by atoms with van der Waals surface area (Å²) >= 11 is 9.71. The first-order chi connectivity index (χ1) is 14.6. The van der Waals surface area contributed by atoms with Gasteiger partial charge in [0.1, 0.15) is 5.01 Å². The highest BCUT2D eigenvalue weighted by atomic mass is 32.2. The second kappa shape index (κ2) is 9.61. The highest BCUT2D eigenvalue weighted by Crippen LogP contribution is 2.28. The zero-order chi connectivity index (χ0) is 20.9. The van der Waals surface area contributed by atoms with Gasteiger partial charge >= 0.3 is 0 Å². The average molecular weight is 472 g/mol. The number of para-hydroxylation sites is 1. The van der Waals surface area contributed by atoms with Crippen LogP contribution in [0, 0.1) is 10.9 Å². The van der Waals surface area contributed by atoms with E-state index in [9.17, 15) is 4.79 Å². The zero-order valence-corrected chi connectivity index (χ0v) is 19.2. The number of thioether (sulfide) groups is 1. The monoisotopic (exact) mass is 471 g/mol. The molecule has 4 rings (SSSR count). The molecule has 2 heterocycles. The summed E-state index contributed by atoms with van der Waals surface area (Å²) in [4.78, 5) is 12.3. The lowest BCUT2D eigenvalue weighted by Gasteiger charge is -2.03. The van der Waals surface area contributed by atoms with E-state index < -0.39 is 0 Å². The molecule has 30 heavy (non-hydrogen) atoms. The van der Waals surface area contributed by atoms with Crippen molar-refractivity contribution in [3.05, 3.63) is 79.7 Å². The normalized spacial score (nSPS) is 10.8. The van der Waals surface area contributed by atoms with Gasteiger partial charge in [-0.05, 0) is 36.8 Å². The largest absolute Gasteiger partial charge is 0.346 e. The second-order valence-corrected chi connectivity index (χ2v) is 10.2. The van der Waals surface area contributed by atoms with Gasteiger partial charge in [0.05, 0.1) is 11.4 Å². The highest BCUT2D eigenvalue weighted by molar-refractivity contribution is 8.00. The van der Waals surface area contributed by atoms with Crippen molar-refractivity contribution in [2.75, 3.05) is 0 Å². The first-order valence-electron chi connectivity index (χ1n) is 9.03. The lowest BCUT2D eigenvalue weighted by Crippen LogP contribution is -2.22. The van der Waals surface area contributed by atoms with Crippen molar-refractivity contribution in [2.24, 2.45) is 0 Å². The standard InChI is InChI=1S/C20H17N5OS4/c1-13-7-9-14(10-8-13)11-21-17(26)18-23-22-16(29-18)12-28-19-24-25(20(27)30-19)15-5-3-2-4-6-15/h2-10H,11-12H2,1H3,(H,21,26). The molecule has 1 amide bonds. The highest BCUT2D eigenvalue weighted by Gasteiger charge is 2.14. The summed E-state index contributed by atoms with van der Waals surface area (Å²) in [6.07, 6.45) is 0. The van der Waals surface area contributed by atoms with Gasteiger partial charge in [-0.15, -0.1) is 15.3 Å². The predicted octanol–water partition coefficient (Wildman–Crippen LogP) is 5.05. The molecule has 0 aliphatic carbocycles. The molecule has 6 nitrogen and oxygen atoms in total. The van der Waals surface area contributed by atoms with Gasteiger partial charge in [0.15, 0.2) is 8.29 Å². The van der Waals surface area contributed by atoms with Crippen molar-refractivity contribution < 1.29 is 4.79 Å². The Balaban J connectivity index is 1.34. The molecular weight excluding hydrogens is 455 g/mol. The number of aryl methyl sites for hydroxylation is 1. The van der Waals surface area contributed by atoms with Gasteiger partial charge in [0.25, 0.3) is 5.91 Å².